The number of ether oxygens (including phenoxy) is 2. The molecule has 2 aromatic carbocycles. The highest BCUT2D eigenvalue weighted by atomic mass is 35.5. The molecule has 0 spiro atoms. The number of halogens is 1. The highest BCUT2D eigenvalue weighted by molar-refractivity contribution is 7.40. The van der Waals surface area contributed by atoms with E-state index in [1.54, 1.807) is 0 Å². The van der Waals surface area contributed by atoms with E-state index in [9.17, 15) is 5.11 Å². The minimum absolute atomic E-state index is 0.247. The highest BCUT2D eigenvalue weighted by Crippen LogP contribution is 2.34. The molecule has 5 nitrogen and oxygen atoms in total. The number of rotatable bonds is 10. The van der Waals surface area contributed by atoms with Crippen molar-refractivity contribution in [1.82, 2.24) is 4.90 Å². The second-order valence-electron chi connectivity index (χ2n) is 9.22. The van der Waals surface area contributed by atoms with Crippen LogP contribution in [0.2, 0.25) is 5.02 Å². The Morgan fingerprint density at radius 2 is 1.85 bits per heavy atom. The van der Waals surface area contributed by atoms with Crippen LogP contribution < -0.4 is 9.47 Å². The van der Waals surface area contributed by atoms with Gasteiger partial charge in [0, 0.05) is 17.0 Å². The lowest BCUT2D eigenvalue weighted by Crippen LogP contribution is -2.33. The molecule has 2 aliphatic rings. The van der Waals surface area contributed by atoms with E-state index in [-0.39, 0.29) is 6.04 Å². The fourth-order valence-corrected chi connectivity index (χ4v) is 5.31. The molecule has 0 bridgehead atoms. The third-order valence-electron chi connectivity index (χ3n) is 6.55. The smallest absolute Gasteiger partial charge is 0.161 e. The molecule has 2 aliphatic heterocycles. The van der Waals surface area contributed by atoms with Gasteiger partial charge in [-0.2, -0.15) is 0 Å². The SMILES string of the molecule is CCCc1ccc(CCC(P)=N[C@H](CN2CCCC2)[C@H](O)c2ccc3c(c2)OCCO3)cc1Cl. The minimum Gasteiger partial charge on any atom is -0.486 e. The van der Waals surface area contributed by atoms with Crippen LogP contribution in [0, 0.1) is 0 Å². The standard InChI is InChI=1S/C27H36ClN2O3P/c1-2-5-20-8-6-19(16-22(20)28)7-11-26(34)29-23(18-30-12-3-4-13-30)27(31)21-9-10-24-25(17-21)33-15-14-32-24/h6,8-10,16-17,23,27,31H,2-5,7,11-15,18,34H2,1H3/t23-,27-/m1/s1. The Morgan fingerprint density at radius 3 is 2.59 bits per heavy atom. The van der Waals surface area contributed by atoms with Gasteiger partial charge in [-0.15, -0.1) is 0 Å². The number of aliphatic imine (C=N–C) groups is 1. The Morgan fingerprint density at radius 1 is 1.09 bits per heavy atom. The summed E-state index contributed by atoms with van der Waals surface area (Å²) < 4.78 is 11.4. The number of hydrogen-bond donors (Lipinski definition) is 1. The number of aliphatic hydroxyl groups excluding tert-OH is 1. The number of aliphatic hydroxyl groups is 1. The zero-order valence-electron chi connectivity index (χ0n) is 20.0. The van der Waals surface area contributed by atoms with E-state index in [1.165, 1.54) is 24.0 Å². The van der Waals surface area contributed by atoms with Gasteiger partial charge in [0.2, 0.25) is 0 Å². The van der Waals surface area contributed by atoms with Crippen LogP contribution >= 0.6 is 20.8 Å². The van der Waals surface area contributed by atoms with Gasteiger partial charge in [0.25, 0.3) is 0 Å². The Labute approximate surface area is 210 Å². The van der Waals surface area contributed by atoms with Gasteiger partial charge in [-0.1, -0.05) is 52.4 Å². The summed E-state index contributed by atoms with van der Waals surface area (Å²) in [4.78, 5) is 7.40. The van der Waals surface area contributed by atoms with Crippen molar-refractivity contribution in [3.05, 3.63) is 58.1 Å². The maximum atomic E-state index is 11.3. The third kappa shape index (κ3) is 6.73. The van der Waals surface area contributed by atoms with E-state index in [4.69, 9.17) is 26.1 Å². The molecule has 1 unspecified atom stereocenters. The topological polar surface area (TPSA) is 54.3 Å². The average molecular weight is 503 g/mol. The summed E-state index contributed by atoms with van der Waals surface area (Å²) in [7, 11) is 2.79. The summed E-state index contributed by atoms with van der Waals surface area (Å²) in [6.45, 7) is 6.12. The first-order valence-corrected chi connectivity index (χ1v) is 13.4. The molecule has 0 amide bonds. The lowest BCUT2D eigenvalue weighted by molar-refractivity contribution is 0.125. The van der Waals surface area contributed by atoms with Crippen molar-refractivity contribution in [3.63, 3.8) is 0 Å². The van der Waals surface area contributed by atoms with Crippen LogP contribution in [-0.4, -0.2) is 54.3 Å². The molecular weight excluding hydrogens is 467 g/mol. The number of likely N-dealkylation sites (tertiary alicyclic amines) is 1. The van der Waals surface area contributed by atoms with Crippen molar-refractivity contribution in [2.24, 2.45) is 4.99 Å². The molecule has 2 aromatic rings. The number of nitrogens with zero attached hydrogens (tertiary/aromatic N) is 2. The highest BCUT2D eigenvalue weighted by Gasteiger charge is 2.26. The number of aryl methyl sites for hydroxylation is 2. The summed E-state index contributed by atoms with van der Waals surface area (Å²) in [5.41, 5.74) is 4.20. The van der Waals surface area contributed by atoms with Crippen molar-refractivity contribution in [2.45, 2.75) is 57.6 Å². The first-order valence-electron chi connectivity index (χ1n) is 12.4. The Kier molecular flexibility index (Phi) is 9.24. The van der Waals surface area contributed by atoms with Gasteiger partial charge in [0.05, 0.1) is 6.04 Å². The van der Waals surface area contributed by atoms with E-state index >= 15 is 0 Å². The fraction of sp³-hybridized carbons (Fsp3) is 0.519. The Bertz CT molecular complexity index is 994. The summed E-state index contributed by atoms with van der Waals surface area (Å²) >= 11 is 6.47. The molecule has 7 heteroatoms. The fourth-order valence-electron chi connectivity index (χ4n) is 4.68. The van der Waals surface area contributed by atoms with Crippen LogP contribution in [0.1, 0.15) is 55.4 Å². The summed E-state index contributed by atoms with van der Waals surface area (Å²) in [5.74, 6) is 1.43. The van der Waals surface area contributed by atoms with Crippen LogP contribution in [-0.2, 0) is 12.8 Å². The van der Waals surface area contributed by atoms with Gasteiger partial charge < -0.3 is 19.5 Å². The van der Waals surface area contributed by atoms with Gasteiger partial charge in [-0.25, -0.2) is 0 Å². The van der Waals surface area contributed by atoms with Crippen LogP contribution in [0.25, 0.3) is 0 Å². The van der Waals surface area contributed by atoms with Gasteiger partial charge in [0.15, 0.2) is 11.5 Å². The molecule has 184 valence electrons. The van der Waals surface area contributed by atoms with Crippen molar-refractivity contribution >= 4 is 26.3 Å². The lowest BCUT2D eigenvalue weighted by Gasteiger charge is -2.27. The number of hydrogen-bond acceptors (Lipinski definition) is 5. The van der Waals surface area contributed by atoms with Crippen molar-refractivity contribution < 1.29 is 14.6 Å². The van der Waals surface area contributed by atoms with Crippen LogP contribution in [0.15, 0.2) is 41.4 Å². The second-order valence-corrected chi connectivity index (χ2v) is 10.3. The van der Waals surface area contributed by atoms with Gasteiger partial charge in [-0.3, -0.25) is 4.99 Å². The molecule has 0 aliphatic carbocycles. The predicted octanol–water partition coefficient (Wildman–Crippen LogP) is 5.47. The van der Waals surface area contributed by atoms with Crippen molar-refractivity contribution in [1.29, 1.82) is 0 Å². The van der Waals surface area contributed by atoms with Crippen molar-refractivity contribution in [2.75, 3.05) is 32.8 Å². The van der Waals surface area contributed by atoms with Crippen LogP contribution in [0.4, 0.5) is 0 Å². The van der Waals surface area contributed by atoms with E-state index in [1.807, 2.05) is 18.2 Å². The summed E-state index contributed by atoms with van der Waals surface area (Å²) in [6, 6.07) is 11.8. The molecule has 1 N–H and O–H groups in total. The maximum absolute atomic E-state index is 11.3. The molecule has 0 aromatic heterocycles. The van der Waals surface area contributed by atoms with Crippen LogP contribution in [0.3, 0.4) is 0 Å². The lowest BCUT2D eigenvalue weighted by atomic mass is 10.0. The van der Waals surface area contributed by atoms with Gasteiger partial charge >= 0.3 is 0 Å². The first kappa shape index (κ1) is 25.4. The Balaban J connectivity index is 1.46. The molecule has 4 rings (SSSR count). The summed E-state index contributed by atoms with van der Waals surface area (Å²) in [6.07, 6.45) is 5.47. The molecule has 1 saturated heterocycles. The third-order valence-corrected chi connectivity index (χ3v) is 7.34. The Hall–Kier alpha value is -1.65. The largest absolute Gasteiger partial charge is 0.486 e. The molecule has 0 radical (unpaired) electrons. The molecule has 0 saturated carbocycles. The van der Waals surface area contributed by atoms with Crippen molar-refractivity contribution in [3.8, 4) is 11.5 Å². The van der Waals surface area contributed by atoms with E-state index in [2.05, 4.69) is 39.3 Å². The normalized spacial score (nSPS) is 18.2. The average Bonchev–Trinajstić information content (AvgIpc) is 3.36. The maximum Gasteiger partial charge on any atom is 0.161 e. The molecule has 2 heterocycles. The minimum atomic E-state index is -0.713. The zero-order valence-corrected chi connectivity index (χ0v) is 21.9. The number of benzene rings is 2. The quantitative estimate of drug-likeness (QED) is 0.346. The van der Waals surface area contributed by atoms with Gasteiger partial charge in [-0.05, 0) is 80.1 Å². The number of fused-ring (bicyclic) bond motifs is 1. The molecule has 34 heavy (non-hydrogen) atoms. The first-order chi connectivity index (χ1) is 16.5. The molecule has 1 fully saturated rings. The zero-order chi connectivity index (χ0) is 23.9. The van der Waals surface area contributed by atoms with E-state index in [0.717, 1.165) is 67.1 Å². The van der Waals surface area contributed by atoms with Crippen LogP contribution in [0.5, 0.6) is 11.5 Å². The van der Waals surface area contributed by atoms with E-state index < -0.39 is 6.10 Å². The monoisotopic (exact) mass is 502 g/mol. The second kappa shape index (κ2) is 12.4. The molecular formula is C27H36ClN2O3P. The van der Waals surface area contributed by atoms with E-state index in [0.29, 0.717) is 19.0 Å². The summed E-state index contributed by atoms with van der Waals surface area (Å²) in [5, 5.41) is 12.2. The predicted molar refractivity (Wildman–Crippen MR) is 143 cm³/mol. The van der Waals surface area contributed by atoms with Gasteiger partial charge in [0.1, 0.15) is 19.3 Å². The molecule has 3 atom stereocenters.